The molecule has 1 N–H and O–H groups in total. The molecule has 0 saturated heterocycles. The summed E-state index contributed by atoms with van der Waals surface area (Å²) < 4.78 is 12.6. The molecule has 2 heterocycles. The first-order valence-electron chi connectivity index (χ1n) is 6.04. The van der Waals surface area contributed by atoms with E-state index < -0.39 is 12.1 Å². The predicted molar refractivity (Wildman–Crippen MR) is 81.9 cm³/mol. The first-order chi connectivity index (χ1) is 10.0. The molecule has 7 heteroatoms. The van der Waals surface area contributed by atoms with E-state index in [4.69, 9.17) is 14.6 Å². The molecule has 21 heavy (non-hydrogen) atoms. The summed E-state index contributed by atoms with van der Waals surface area (Å²) >= 11 is 6.69. The third-order valence-corrected chi connectivity index (χ3v) is 3.98. The highest BCUT2D eigenvalue weighted by Crippen LogP contribution is 2.35. The van der Waals surface area contributed by atoms with Crippen LogP contribution in [0.5, 0.6) is 17.4 Å². The molecule has 0 amide bonds. The van der Waals surface area contributed by atoms with Crippen molar-refractivity contribution in [3.63, 3.8) is 0 Å². The van der Waals surface area contributed by atoms with Gasteiger partial charge in [0.25, 0.3) is 0 Å². The Morgan fingerprint density at radius 2 is 2.19 bits per heavy atom. The number of pyridine rings is 1. The quantitative estimate of drug-likeness (QED) is 0.827. The molecule has 0 aliphatic carbocycles. The second-order valence-electron chi connectivity index (χ2n) is 4.46. The minimum atomic E-state index is -0.967. The second-order valence-corrected chi connectivity index (χ2v) is 6.23. The predicted octanol–water partition coefficient (Wildman–Crippen LogP) is 3.79. The molecular formula is C14H9Br2NO4. The number of nitrogens with zero attached hydrogens (tertiary/aromatic N) is 1. The van der Waals surface area contributed by atoms with Crippen LogP contribution in [0.3, 0.4) is 0 Å². The Bertz CT molecular complexity index is 720. The maximum Gasteiger partial charge on any atom is 0.345 e. The fourth-order valence-electron chi connectivity index (χ4n) is 2.00. The fourth-order valence-corrected chi connectivity index (χ4v) is 3.07. The monoisotopic (exact) mass is 413 g/mol. The Kier molecular flexibility index (Phi) is 3.86. The molecule has 2 aromatic rings. The van der Waals surface area contributed by atoms with Crippen molar-refractivity contribution >= 4 is 37.8 Å². The fraction of sp³-hybridized carbons (Fsp3) is 0.143. The molecule has 3 rings (SSSR count). The number of halogens is 2. The van der Waals surface area contributed by atoms with Gasteiger partial charge in [-0.15, -0.1) is 0 Å². The first-order valence-corrected chi connectivity index (χ1v) is 7.63. The van der Waals surface area contributed by atoms with Gasteiger partial charge >= 0.3 is 5.97 Å². The van der Waals surface area contributed by atoms with Crippen LogP contribution in [0, 0.1) is 0 Å². The number of carboxylic acids is 1. The smallest absolute Gasteiger partial charge is 0.345 e. The largest absolute Gasteiger partial charge is 0.478 e. The van der Waals surface area contributed by atoms with Crippen LogP contribution in [0.15, 0.2) is 39.4 Å². The van der Waals surface area contributed by atoms with E-state index in [1.54, 1.807) is 24.4 Å². The van der Waals surface area contributed by atoms with Crippen LogP contribution in [-0.2, 0) is 11.2 Å². The molecule has 1 aromatic carbocycles. The molecule has 0 spiro atoms. The number of ether oxygens (including phenoxy) is 2. The summed E-state index contributed by atoms with van der Waals surface area (Å²) in [5.74, 6) is 0.528. The van der Waals surface area contributed by atoms with Crippen LogP contribution in [0.4, 0.5) is 0 Å². The molecular weight excluding hydrogens is 406 g/mol. The topological polar surface area (TPSA) is 68.7 Å². The number of benzene rings is 1. The van der Waals surface area contributed by atoms with Gasteiger partial charge < -0.3 is 14.6 Å². The van der Waals surface area contributed by atoms with Crippen LogP contribution in [0.1, 0.15) is 5.56 Å². The van der Waals surface area contributed by atoms with Gasteiger partial charge in [-0.05, 0) is 49.6 Å². The number of fused-ring (bicyclic) bond motifs is 1. The van der Waals surface area contributed by atoms with Crippen LogP contribution >= 0.6 is 31.9 Å². The van der Waals surface area contributed by atoms with Gasteiger partial charge in [0.15, 0.2) is 6.10 Å². The van der Waals surface area contributed by atoms with E-state index in [0.29, 0.717) is 28.3 Å². The highest BCUT2D eigenvalue weighted by atomic mass is 79.9. The Morgan fingerprint density at radius 1 is 1.38 bits per heavy atom. The molecule has 0 bridgehead atoms. The van der Waals surface area contributed by atoms with Crippen molar-refractivity contribution in [1.29, 1.82) is 0 Å². The van der Waals surface area contributed by atoms with Crippen LogP contribution in [-0.4, -0.2) is 22.2 Å². The van der Waals surface area contributed by atoms with Gasteiger partial charge in [0.1, 0.15) is 11.5 Å². The molecule has 5 nitrogen and oxygen atoms in total. The van der Waals surface area contributed by atoms with Crippen molar-refractivity contribution in [1.82, 2.24) is 4.98 Å². The van der Waals surface area contributed by atoms with Gasteiger partial charge in [-0.3, -0.25) is 0 Å². The summed E-state index contributed by atoms with van der Waals surface area (Å²) in [5, 5.41) is 8.98. The SMILES string of the molecule is O=C(O)C1Cc2ccc(Oc3ncc(Br)cc3Br)cc2O1. The maximum absolute atomic E-state index is 10.9. The van der Waals surface area contributed by atoms with Crippen LogP contribution in [0.2, 0.25) is 0 Å². The second kappa shape index (κ2) is 5.65. The number of hydrogen-bond acceptors (Lipinski definition) is 4. The lowest BCUT2D eigenvalue weighted by Crippen LogP contribution is -2.24. The summed E-state index contributed by atoms with van der Waals surface area (Å²) in [7, 11) is 0. The van der Waals surface area contributed by atoms with Gasteiger partial charge in [-0.2, -0.15) is 0 Å². The number of carbonyl (C=O) groups is 1. The average Bonchev–Trinajstić information content (AvgIpc) is 2.85. The zero-order valence-electron chi connectivity index (χ0n) is 10.5. The van der Waals surface area contributed by atoms with Crippen molar-refractivity contribution in [2.45, 2.75) is 12.5 Å². The van der Waals surface area contributed by atoms with E-state index in [9.17, 15) is 4.79 Å². The third-order valence-electron chi connectivity index (χ3n) is 2.98. The van der Waals surface area contributed by atoms with Crippen molar-refractivity contribution < 1.29 is 19.4 Å². The maximum atomic E-state index is 10.9. The van der Waals surface area contributed by atoms with E-state index in [1.165, 1.54) is 0 Å². The van der Waals surface area contributed by atoms with Gasteiger partial charge in [0.2, 0.25) is 5.88 Å². The molecule has 1 aliphatic heterocycles. The lowest BCUT2D eigenvalue weighted by molar-refractivity contribution is -0.144. The lowest BCUT2D eigenvalue weighted by Gasteiger charge is -2.08. The zero-order valence-corrected chi connectivity index (χ0v) is 13.7. The highest BCUT2D eigenvalue weighted by molar-refractivity contribution is 9.11. The number of carboxylic acid groups (broad SMARTS) is 1. The lowest BCUT2D eigenvalue weighted by atomic mass is 10.1. The minimum Gasteiger partial charge on any atom is -0.478 e. The Hall–Kier alpha value is -1.60. The van der Waals surface area contributed by atoms with E-state index in [2.05, 4.69) is 36.8 Å². The summed E-state index contributed by atoms with van der Waals surface area (Å²) in [6.07, 6.45) is 1.17. The molecule has 1 aromatic heterocycles. The Balaban J connectivity index is 1.83. The molecule has 108 valence electrons. The van der Waals surface area contributed by atoms with Gasteiger partial charge in [-0.25, -0.2) is 9.78 Å². The normalized spacial score (nSPS) is 16.2. The molecule has 0 fully saturated rings. The van der Waals surface area contributed by atoms with Crippen molar-refractivity contribution in [3.8, 4) is 17.4 Å². The van der Waals surface area contributed by atoms with Gasteiger partial charge in [0, 0.05) is 23.2 Å². The van der Waals surface area contributed by atoms with E-state index in [0.717, 1.165) is 10.0 Å². The number of hydrogen-bond donors (Lipinski definition) is 1. The van der Waals surface area contributed by atoms with Gasteiger partial charge in [-0.1, -0.05) is 6.07 Å². The number of aliphatic carboxylic acids is 1. The molecule has 1 aliphatic rings. The highest BCUT2D eigenvalue weighted by Gasteiger charge is 2.29. The first kappa shape index (κ1) is 14.3. The van der Waals surface area contributed by atoms with Gasteiger partial charge in [0.05, 0.1) is 4.47 Å². The average molecular weight is 415 g/mol. The van der Waals surface area contributed by atoms with Crippen molar-refractivity contribution in [2.75, 3.05) is 0 Å². The minimum absolute atomic E-state index is 0.366. The van der Waals surface area contributed by atoms with E-state index >= 15 is 0 Å². The Labute approximate surface area is 137 Å². The summed E-state index contributed by atoms with van der Waals surface area (Å²) in [5.41, 5.74) is 0.859. The summed E-state index contributed by atoms with van der Waals surface area (Å²) in [6.45, 7) is 0. The molecule has 1 atom stereocenters. The zero-order chi connectivity index (χ0) is 15.0. The van der Waals surface area contributed by atoms with E-state index in [-0.39, 0.29) is 0 Å². The number of rotatable bonds is 3. The summed E-state index contributed by atoms with van der Waals surface area (Å²) in [4.78, 5) is 15.1. The van der Waals surface area contributed by atoms with E-state index in [1.807, 2.05) is 6.07 Å². The van der Waals surface area contributed by atoms with Crippen LogP contribution < -0.4 is 9.47 Å². The standard InChI is InChI=1S/C14H9Br2NO4/c15-8-4-10(16)13(17-6-8)20-9-2-1-7-3-12(14(18)19)21-11(7)5-9/h1-2,4-6,12H,3H2,(H,18,19). The molecule has 1 unspecified atom stereocenters. The third kappa shape index (κ3) is 3.03. The molecule has 0 radical (unpaired) electrons. The number of aromatic nitrogens is 1. The molecule has 0 saturated carbocycles. The summed E-state index contributed by atoms with van der Waals surface area (Å²) in [6, 6.07) is 7.07. The van der Waals surface area contributed by atoms with Crippen LogP contribution in [0.25, 0.3) is 0 Å². The Morgan fingerprint density at radius 3 is 2.90 bits per heavy atom. The van der Waals surface area contributed by atoms with Crippen molar-refractivity contribution in [3.05, 3.63) is 45.0 Å². The van der Waals surface area contributed by atoms with Crippen molar-refractivity contribution in [2.24, 2.45) is 0 Å².